The van der Waals surface area contributed by atoms with Crippen molar-refractivity contribution in [2.45, 2.75) is 20.8 Å². The predicted molar refractivity (Wildman–Crippen MR) is 77.7 cm³/mol. The second-order valence-electron chi connectivity index (χ2n) is 4.73. The van der Waals surface area contributed by atoms with E-state index in [1.54, 1.807) is 18.2 Å². The van der Waals surface area contributed by atoms with Crippen molar-refractivity contribution in [3.8, 4) is 11.5 Å². The fourth-order valence-corrected chi connectivity index (χ4v) is 1.93. The van der Waals surface area contributed by atoms with Crippen molar-refractivity contribution in [3.63, 3.8) is 0 Å². The van der Waals surface area contributed by atoms with Crippen LogP contribution in [0.5, 0.6) is 11.5 Å². The Balaban J connectivity index is 2.34. The normalized spacial score (nSPS) is 10.2. The van der Waals surface area contributed by atoms with Crippen LogP contribution in [0, 0.1) is 6.92 Å². The summed E-state index contributed by atoms with van der Waals surface area (Å²) in [5.74, 6) is 0.964. The van der Waals surface area contributed by atoms with Crippen LogP contribution >= 0.6 is 0 Å². The molecule has 0 spiro atoms. The molecule has 0 aliphatic rings. The fourth-order valence-electron chi connectivity index (χ4n) is 1.93. The van der Waals surface area contributed by atoms with Crippen molar-refractivity contribution in [1.82, 2.24) is 0 Å². The van der Waals surface area contributed by atoms with Crippen molar-refractivity contribution in [2.75, 3.05) is 0 Å². The summed E-state index contributed by atoms with van der Waals surface area (Å²) >= 11 is 0. The Hall–Kier alpha value is -2.42. The Morgan fingerprint density at radius 2 is 1.35 bits per heavy atom. The lowest BCUT2D eigenvalue weighted by atomic mass is 10.0. The molecule has 0 N–H and O–H groups in total. The third kappa shape index (κ3) is 3.12. The number of ketones is 2. The Labute approximate surface area is 118 Å². The van der Waals surface area contributed by atoms with E-state index in [-0.39, 0.29) is 11.6 Å². The molecule has 0 saturated heterocycles. The van der Waals surface area contributed by atoms with Gasteiger partial charge < -0.3 is 4.74 Å². The topological polar surface area (TPSA) is 43.4 Å². The zero-order valence-corrected chi connectivity index (χ0v) is 11.8. The summed E-state index contributed by atoms with van der Waals surface area (Å²) in [4.78, 5) is 23.1. The van der Waals surface area contributed by atoms with Gasteiger partial charge in [0.15, 0.2) is 11.6 Å². The third-order valence-corrected chi connectivity index (χ3v) is 3.01. The molecule has 2 rings (SSSR count). The van der Waals surface area contributed by atoms with E-state index in [4.69, 9.17) is 4.74 Å². The minimum Gasteiger partial charge on any atom is -0.457 e. The highest BCUT2D eigenvalue weighted by Crippen LogP contribution is 2.25. The maximum atomic E-state index is 11.6. The highest BCUT2D eigenvalue weighted by molar-refractivity contribution is 6.07. The molecule has 102 valence electrons. The van der Waals surface area contributed by atoms with Crippen molar-refractivity contribution >= 4 is 11.6 Å². The first-order valence-electron chi connectivity index (χ1n) is 6.38. The minimum absolute atomic E-state index is 0.128. The van der Waals surface area contributed by atoms with Gasteiger partial charge in [-0.3, -0.25) is 9.59 Å². The number of benzene rings is 2. The molecule has 3 heteroatoms. The van der Waals surface area contributed by atoms with Gasteiger partial charge in [0.25, 0.3) is 0 Å². The van der Waals surface area contributed by atoms with Gasteiger partial charge >= 0.3 is 0 Å². The van der Waals surface area contributed by atoms with E-state index < -0.39 is 0 Å². The molecule has 0 radical (unpaired) electrons. The van der Waals surface area contributed by atoms with Crippen LogP contribution in [0.3, 0.4) is 0 Å². The molecule has 0 fully saturated rings. The first kappa shape index (κ1) is 14.0. The SMILES string of the molecule is CC(=O)c1ccc(Oc2ccc(C)cc2)cc1C(C)=O. The Bertz CT molecular complexity index is 654. The average molecular weight is 268 g/mol. The molecule has 20 heavy (non-hydrogen) atoms. The molecule has 0 atom stereocenters. The zero-order valence-electron chi connectivity index (χ0n) is 11.8. The number of carbonyl (C=O) groups excluding carboxylic acids is 2. The summed E-state index contributed by atoms with van der Waals surface area (Å²) in [5.41, 5.74) is 1.96. The van der Waals surface area contributed by atoms with Crippen LogP contribution in [0.4, 0.5) is 0 Å². The molecule has 0 saturated carbocycles. The lowest BCUT2D eigenvalue weighted by Gasteiger charge is -2.09. The van der Waals surface area contributed by atoms with Crippen LogP contribution in [-0.4, -0.2) is 11.6 Å². The molecular weight excluding hydrogens is 252 g/mol. The van der Waals surface area contributed by atoms with Gasteiger partial charge in [0.1, 0.15) is 11.5 Å². The standard InChI is InChI=1S/C17H16O3/c1-11-4-6-14(7-5-11)20-15-8-9-16(12(2)18)17(10-15)13(3)19/h4-10H,1-3H3. The first-order chi connectivity index (χ1) is 9.47. The maximum Gasteiger partial charge on any atom is 0.160 e. The van der Waals surface area contributed by atoms with Crippen molar-refractivity contribution < 1.29 is 14.3 Å². The lowest BCUT2D eigenvalue weighted by molar-refractivity contribution is 0.0980. The summed E-state index contributed by atoms with van der Waals surface area (Å²) in [6.07, 6.45) is 0. The molecule has 0 aromatic heterocycles. The zero-order chi connectivity index (χ0) is 14.7. The second-order valence-corrected chi connectivity index (χ2v) is 4.73. The van der Waals surface area contributed by atoms with Crippen LogP contribution in [0.25, 0.3) is 0 Å². The molecule has 2 aromatic rings. The smallest absolute Gasteiger partial charge is 0.160 e. The Morgan fingerprint density at radius 3 is 1.90 bits per heavy atom. The van der Waals surface area contributed by atoms with Crippen LogP contribution in [0.2, 0.25) is 0 Å². The number of aryl methyl sites for hydroxylation is 1. The van der Waals surface area contributed by atoms with Crippen molar-refractivity contribution in [3.05, 3.63) is 59.2 Å². The van der Waals surface area contributed by atoms with E-state index >= 15 is 0 Å². The number of hydrogen-bond donors (Lipinski definition) is 0. The Morgan fingerprint density at radius 1 is 0.800 bits per heavy atom. The summed E-state index contributed by atoms with van der Waals surface area (Å²) in [5, 5.41) is 0. The van der Waals surface area contributed by atoms with E-state index in [0.29, 0.717) is 22.6 Å². The molecule has 0 bridgehead atoms. The van der Waals surface area contributed by atoms with E-state index in [1.165, 1.54) is 13.8 Å². The minimum atomic E-state index is -0.149. The third-order valence-electron chi connectivity index (χ3n) is 3.01. The van der Waals surface area contributed by atoms with Gasteiger partial charge in [0, 0.05) is 11.1 Å². The molecule has 0 aliphatic heterocycles. The highest BCUT2D eigenvalue weighted by atomic mass is 16.5. The van der Waals surface area contributed by atoms with Gasteiger partial charge in [-0.05, 0) is 51.1 Å². The lowest BCUT2D eigenvalue weighted by Crippen LogP contribution is -2.04. The van der Waals surface area contributed by atoms with Gasteiger partial charge in [0.2, 0.25) is 0 Å². The van der Waals surface area contributed by atoms with Gasteiger partial charge in [-0.2, -0.15) is 0 Å². The van der Waals surface area contributed by atoms with Gasteiger partial charge in [-0.25, -0.2) is 0 Å². The first-order valence-corrected chi connectivity index (χ1v) is 6.38. The van der Waals surface area contributed by atoms with Crippen LogP contribution in [-0.2, 0) is 0 Å². The quantitative estimate of drug-likeness (QED) is 0.781. The number of Topliss-reactive ketones (excluding diaryl/α,β-unsaturated/α-hetero) is 2. The van der Waals surface area contributed by atoms with Crippen LogP contribution < -0.4 is 4.74 Å². The fraction of sp³-hybridized carbons (Fsp3) is 0.176. The number of hydrogen-bond acceptors (Lipinski definition) is 3. The molecule has 2 aromatic carbocycles. The van der Waals surface area contributed by atoms with E-state index in [9.17, 15) is 9.59 Å². The molecule has 3 nitrogen and oxygen atoms in total. The summed E-state index contributed by atoms with van der Waals surface area (Å²) < 4.78 is 5.70. The molecule has 0 amide bonds. The molecule has 0 heterocycles. The molecular formula is C17H16O3. The molecule has 0 unspecified atom stereocenters. The van der Waals surface area contributed by atoms with Crippen LogP contribution in [0.15, 0.2) is 42.5 Å². The predicted octanol–water partition coefficient (Wildman–Crippen LogP) is 4.19. The molecule has 0 aliphatic carbocycles. The largest absolute Gasteiger partial charge is 0.457 e. The average Bonchev–Trinajstić information content (AvgIpc) is 2.41. The number of rotatable bonds is 4. The Kier molecular flexibility index (Phi) is 3.99. The van der Waals surface area contributed by atoms with Crippen molar-refractivity contribution in [2.24, 2.45) is 0 Å². The van der Waals surface area contributed by atoms with Gasteiger partial charge in [-0.15, -0.1) is 0 Å². The van der Waals surface area contributed by atoms with Crippen LogP contribution in [0.1, 0.15) is 40.1 Å². The maximum absolute atomic E-state index is 11.6. The van der Waals surface area contributed by atoms with E-state index in [2.05, 4.69) is 0 Å². The monoisotopic (exact) mass is 268 g/mol. The van der Waals surface area contributed by atoms with E-state index in [0.717, 1.165) is 5.56 Å². The summed E-state index contributed by atoms with van der Waals surface area (Å²) in [7, 11) is 0. The second kappa shape index (κ2) is 5.70. The number of ether oxygens (including phenoxy) is 1. The summed E-state index contributed by atoms with van der Waals surface area (Å²) in [6.45, 7) is 4.89. The van der Waals surface area contributed by atoms with Gasteiger partial charge in [0.05, 0.1) is 0 Å². The van der Waals surface area contributed by atoms with E-state index in [1.807, 2.05) is 31.2 Å². The van der Waals surface area contributed by atoms with Gasteiger partial charge in [-0.1, -0.05) is 17.7 Å². The highest BCUT2D eigenvalue weighted by Gasteiger charge is 2.12. The van der Waals surface area contributed by atoms with Crippen molar-refractivity contribution in [1.29, 1.82) is 0 Å². The number of carbonyl (C=O) groups is 2. The summed E-state index contributed by atoms with van der Waals surface area (Å²) in [6, 6.07) is 12.6.